The lowest BCUT2D eigenvalue weighted by Crippen LogP contribution is -2.38. The van der Waals surface area contributed by atoms with Gasteiger partial charge in [0, 0.05) is 18.8 Å². The second-order valence-electron chi connectivity index (χ2n) is 5.14. The second-order valence-corrected chi connectivity index (χ2v) is 5.14. The highest BCUT2D eigenvalue weighted by Gasteiger charge is 2.18. The van der Waals surface area contributed by atoms with Crippen LogP contribution in [0, 0.1) is 12.8 Å². The van der Waals surface area contributed by atoms with Gasteiger partial charge in [-0.05, 0) is 37.5 Å². The number of hydrogen-bond acceptors (Lipinski definition) is 2. The van der Waals surface area contributed by atoms with Gasteiger partial charge in [-0.1, -0.05) is 32.8 Å². The van der Waals surface area contributed by atoms with Crippen LogP contribution in [0.1, 0.15) is 49.5 Å². The molecule has 3 heteroatoms. The quantitative estimate of drug-likeness (QED) is 0.822. The molecule has 0 fully saturated rings. The lowest BCUT2D eigenvalue weighted by molar-refractivity contribution is 0.0926. The molecule has 0 radical (unpaired) electrons. The number of carbonyl (C=O) groups excluding carboxylic acids is 1. The summed E-state index contributed by atoms with van der Waals surface area (Å²) in [5.41, 5.74) is 2.74. The number of benzene rings is 1. The third-order valence-electron chi connectivity index (χ3n) is 3.80. The molecule has 1 unspecified atom stereocenters. The van der Waals surface area contributed by atoms with E-state index in [9.17, 15) is 4.79 Å². The smallest absolute Gasteiger partial charge is 0.253 e. The van der Waals surface area contributed by atoms with Gasteiger partial charge in [0.15, 0.2) is 0 Å². The highest BCUT2D eigenvalue weighted by Crippen LogP contribution is 2.18. The van der Waals surface area contributed by atoms with Gasteiger partial charge >= 0.3 is 0 Å². The standard InChI is InChI=1S/C16H26N2O/c1-6-13(7-2)12(4)18-16(19)14-9-8-11(3)10-15(14)17-5/h8-10,12-13,17H,6-7H2,1-5H3,(H,18,19). The maximum Gasteiger partial charge on any atom is 0.253 e. The fraction of sp³-hybridized carbons (Fsp3) is 0.562. The van der Waals surface area contributed by atoms with Crippen LogP contribution in [0.4, 0.5) is 5.69 Å². The summed E-state index contributed by atoms with van der Waals surface area (Å²) < 4.78 is 0. The summed E-state index contributed by atoms with van der Waals surface area (Å²) in [6.45, 7) is 8.45. The van der Waals surface area contributed by atoms with Gasteiger partial charge in [-0.25, -0.2) is 0 Å². The van der Waals surface area contributed by atoms with Crippen LogP contribution in [0.2, 0.25) is 0 Å². The van der Waals surface area contributed by atoms with E-state index in [-0.39, 0.29) is 11.9 Å². The molecular weight excluding hydrogens is 236 g/mol. The predicted octanol–water partition coefficient (Wildman–Crippen LogP) is 3.59. The number of nitrogens with one attached hydrogen (secondary N) is 2. The van der Waals surface area contributed by atoms with Gasteiger partial charge in [0.25, 0.3) is 5.91 Å². The van der Waals surface area contributed by atoms with E-state index in [0.717, 1.165) is 24.1 Å². The SMILES string of the molecule is CCC(CC)C(C)NC(=O)c1ccc(C)cc1NC. The van der Waals surface area contributed by atoms with Crippen LogP contribution >= 0.6 is 0 Å². The molecular formula is C16H26N2O. The highest BCUT2D eigenvalue weighted by atomic mass is 16.1. The molecule has 0 aliphatic heterocycles. The van der Waals surface area contributed by atoms with Crippen molar-refractivity contribution in [3.8, 4) is 0 Å². The Morgan fingerprint density at radius 2 is 1.89 bits per heavy atom. The van der Waals surface area contributed by atoms with Crippen molar-refractivity contribution in [1.82, 2.24) is 5.32 Å². The van der Waals surface area contributed by atoms with Crippen molar-refractivity contribution in [3.05, 3.63) is 29.3 Å². The van der Waals surface area contributed by atoms with Crippen molar-refractivity contribution in [1.29, 1.82) is 0 Å². The van der Waals surface area contributed by atoms with E-state index in [1.807, 2.05) is 32.2 Å². The number of hydrogen-bond donors (Lipinski definition) is 2. The van der Waals surface area contributed by atoms with Crippen LogP contribution in [0.5, 0.6) is 0 Å². The average Bonchev–Trinajstić information content (AvgIpc) is 2.39. The maximum absolute atomic E-state index is 12.3. The minimum atomic E-state index is 0.00347. The summed E-state index contributed by atoms with van der Waals surface area (Å²) in [4.78, 5) is 12.3. The Bertz CT molecular complexity index is 425. The van der Waals surface area contributed by atoms with Crippen molar-refractivity contribution in [3.63, 3.8) is 0 Å². The van der Waals surface area contributed by atoms with E-state index in [0.29, 0.717) is 11.5 Å². The highest BCUT2D eigenvalue weighted by molar-refractivity contribution is 5.99. The van der Waals surface area contributed by atoms with Crippen molar-refractivity contribution in [2.24, 2.45) is 5.92 Å². The molecule has 1 aromatic carbocycles. The third-order valence-corrected chi connectivity index (χ3v) is 3.80. The third kappa shape index (κ3) is 3.98. The fourth-order valence-corrected chi connectivity index (χ4v) is 2.46. The van der Waals surface area contributed by atoms with Crippen LogP contribution in [0.25, 0.3) is 0 Å². The van der Waals surface area contributed by atoms with Gasteiger partial charge in [-0.15, -0.1) is 0 Å². The summed E-state index contributed by atoms with van der Waals surface area (Å²) in [6.07, 6.45) is 2.18. The van der Waals surface area contributed by atoms with Gasteiger partial charge < -0.3 is 10.6 Å². The first-order valence-corrected chi connectivity index (χ1v) is 7.12. The minimum absolute atomic E-state index is 0.00347. The van der Waals surface area contributed by atoms with Crippen molar-refractivity contribution in [2.45, 2.75) is 46.6 Å². The molecule has 0 aliphatic rings. The molecule has 19 heavy (non-hydrogen) atoms. The lowest BCUT2D eigenvalue weighted by atomic mass is 9.95. The molecule has 1 atom stereocenters. The minimum Gasteiger partial charge on any atom is -0.387 e. The lowest BCUT2D eigenvalue weighted by Gasteiger charge is -2.23. The van der Waals surface area contributed by atoms with E-state index in [2.05, 4.69) is 31.4 Å². The molecule has 0 saturated carbocycles. The van der Waals surface area contributed by atoms with Crippen LogP contribution in [-0.2, 0) is 0 Å². The molecule has 1 amide bonds. The zero-order chi connectivity index (χ0) is 14.4. The maximum atomic E-state index is 12.3. The van der Waals surface area contributed by atoms with Gasteiger partial charge in [0.05, 0.1) is 5.56 Å². The Kier molecular flexibility index (Phi) is 5.87. The number of carbonyl (C=O) groups is 1. The summed E-state index contributed by atoms with van der Waals surface area (Å²) in [7, 11) is 1.84. The summed E-state index contributed by atoms with van der Waals surface area (Å²) >= 11 is 0. The Hall–Kier alpha value is -1.51. The van der Waals surface area contributed by atoms with Gasteiger partial charge in [0.1, 0.15) is 0 Å². The zero-order valence-corrected chi connectivity index (χ0v) is 12.7. The topological polar surface area (TPSA) is 41.1 Å². The molecule has 0 heterocycles. The van der Waals surface area contributed by atoms with E-state index < -0.39 is 0 Å². The van der Waals surface area contributed by atoms with E-state index >= 15 is 0 Å². The fourth-order valence-electron chi connectivity index (χ4n) is 2.46. The Labute approximate surface area is 116 Å². The van der Waals surface area contributed by atoms with Crippen molar-refractivity contribution < 1.29 is 4.79 Å². The molecule has 0 saturated heterocycles. The van der Waals surface area contributed by atoms with Crippen LogP contribution in [0.15, 0.2) is 18.2 Å². The summed E-state index contributed by atoms with van der Waals surface area (Å²) in [5.74, 6) is 0.538. The second kappa shape index (κ2) is 7.17. The number of rotatable bonds is 6. The van der Waals surface area contributed by atoms with Crippen molar-refractivity contribution in [2.75, 3.05) is 12.4 Å². The predicted molar refractivity (Wildman–Crippen MR) is 81.7 cm³/mol. The molecule has 2 N–H and O–H groups in total. The molecule has 1 rings (SSSR count). The molecule has 0 bridgehead atoms. The molecule has 0 aliphatic carbocycles. The monoisotopic (exact) mass is 262 g/mol. The van der Waals surface area contributed by atoms with Crippen LogP contribution in [-0.4, -0.2) is 19.0 Å². The van der Waals surface area contributed by atoms with E-state index in [1.54, 1.807) is 0 Å². The first-order chi connectivity index (χ1) is 9.03. The molecule has 106 valence electrons. The normalized spacial score (nSPS) is 12.3. The largest absolute Gasteiger partial charge is 0.387 e. The molecule has 1 aromatic rings. The van der Waals surface area contributed by atoms with Crippen LogP contribution < -0.4 is 10.6 Å². The summed E-state index contributed by atoms with van der Waals surface area (Å²) in [6, 6.07) is 6.05. The number of anilines is 1. The Morgan fingerprint density at radius 3 is 2.42 bits per heavy atom. The van der Waals surface area contributed by atoms with E-state index in [1.165, 1.54) is 0 Å². The average molecular weight is 262 g/mol. The summed E-state index contributed by atoms with van der Waals surface area (Å²) in [5, 5.41) is 6.20. The zero-order valence-electron chi connectivity index (χ0n) is 12.7. The van der Waals surface area contributed by atoms with Crippen LogP contribution in [0.3, 0.4) is 0 Å². The molecule has 0 spiro atoms. The first kappa shape index (κ1) is 15.5. The van der Waals surface area contributed by atoms with E-state index in [4.69, 9.17) is 0 Å². The molecule has 0 aromatic heterocycles. The number of aryl methyl sites for hydroxylation is 1. The Balaban J connectivity index is 2.83. The molecule has 3 nitrogen and oxygen atoms in total. The first-order valence-electron chi connectivity index (χ1n) is 7.12. The Morgan fingerprint density at radius 1 is 1.26 bits per heavy atom. The van der Waals surface area contributed by atoms with Gasteiger partial charge in [-0.3, -0.25) is 4.79 Å². The van der Waals surface area contributed by atoms with Crippen molar-refractivity contribution >= 4 is 11.6 Å². The van der Waals surface area contributed by atoms with Gasteiger partial charge in [0.2, 0.25) is 0 Å². The number of amides is 1. The van der Waals surface area contributed by atoms with Gasteiger partial charge in [-0.2, -0.15) is 0 Å².